The SMILES string of the molecule is Cc1nn(-c2cccc3ccccc23)c2c1cc(O)c1ccccc12. The van der Waals surface area contributed by atoms with E-state index in [0.29, 0.717) is 5.75 Å². The maximum atomic E-state index is 10.4. The Hall–Kier alpha value is -3.33. The third-order valence-corrected chi connectivity index (χ3v) is 4.84. The van der Waals surface area contributed by atoms with Crippen molar-refractivity contribution in [2.24, 2.45) is 0 Å². The summed E-state index contributed by atoms with van der Waals surface area (Å²) in [6, 6.07) is 24.3. The van der Waals surface area contributed by atoms with Crippen LogP contribution in [0.4, 0.5) is 0 Å². The van der Waals surface area contributed by atoms with Crippen molar-refractivity contribution >= 4 is 32.4 Å². The topological polar surface area (TPSA) is 38.0 Å². The number of phenols is 1. The summed E-state index contributed by atoms with van der Waals surface area (Å²) in [4.78, 5) is 0. The zero-order valence-corrected chi connectivity index (χ0v) is 13.8. The first kappa shape index (κ1) is 14.1. The second-order valence-corrected chi connectivity index (χ2v) is 6.33. The van der Waals surface area contributed by atoms with E-state index in [0.717, 1.165) is 38.4 Å². The molecule has 5 aromatic rings. The van der Waals surface area contributed by atoms with Crippen LogP contribution in [0.1, 0.15) is 5.69 Å². The smallest absolute Gasteiger partial charge is 0.124 e. The first-order valence-electron chi connectivity index (χ1n) is 8.32. The number of nitrogens with zero attached hydrogens (tertiary/aromatic N) is 2. The Bertz CT molecular complexity index is 1260. The van der Waals surface area contributed by atoms with Crippen molar-refractivity contribution in [2.45, 2.75) is 6.92 Å². The molecule has 0 bridgehead atoms. The minimum Gasteiger partial charge on any atom is -0.507 e. The van der Waals surface area contributed by atoms with Crippen molar-refractivity contribution in [1.82, 2.24) is 9.78 Å². The lowest BCUT2D eigenvalue weighted by molar-refractivity contribution is 0.482. The van der Waals surface area contributed by atoms with E-state index in [9.17, 15) is 5.11 Å². The molecule has 0 radical (unpaired) electrons. The summed E-state index contributed by atoms with van der Waals surface area (Å²) in [5.74, 6) is 0.295. The summed E-state index contributed by atoms with van der Waals surface area (Å²) >= 11 is 0. The fourth-order valence-electron chi connectivity index (χ4n) is 3.67. The van der Waals surface area contributed by atoms with E-state index in [1.807, 2.05) is 54.1 Å². The van der Waals surface area contributed by atoms with Crippen LogP contribution in [0.15, 0.2) is 72.8 Å². The number of aryl methyl sites for hydroxylation is 1. The van der Waals surface area contributed by atoms with Gasteiger partial charge in [0.25, 0.3) is 0 Å². The van der Waals surface area contributed by atoms with Crippen LogP contribution in [-0.4, -0.2) is 14.9 Å². The van der Waals surface area contributed by atoms with Gasteiger partial charge >= 0.3 is 0 Å². The van der Waals surface area contributed by atoms with Crippen LogP contribution in [0, 0.1) is 6.92 Å². The number of fused-ring (bicyclic) bond motifs is 4. The van der Waals surface area contributed by atoms with E-state index >= 15 is 0 Å². The molecule has 0 aliphatic heterocycles. The van der Waals surface area contributed by atoms with Gasteiger partial charge in [0.15, 0.2) is 0 Å². The molecule has 0 unspecified atom stereocenters. The molecule has 0 amide bonds. The van der Waals surface area contributed by atoms with Crippen LogP contribution < -0.4 is 0 Å². The number of benzene rings is 4. The first-order valence-corrected chi connectivity index (χ1v) is 8.32. The van der Waals surface area contributed by atoms with Gasteiger partial charge in [-0.15, -0.1) is 0 Å². The molecule has 0 saturated heterocycles. The van der Waals surface area contributed by atoms with Gasteiger partial charge in [-0.05, 0) is 24.4 Å². The maximum absolute atomic E-state index is 10.4. The van der Waals surface area contributed by atoms with E-state index in [-0.39, 0.29) is 0 Å². The summed E-state index contributed by atoms with van der Waals surface area (Å²) in [6.45, 7) is 1.98. The van der Waals surface area contributed by atoms with Crippen molar-refractivity contribution in [3.05, 3.63) is 78.5 Å². The Kier molecular flexibility index (Phi) is 2.86. The second-order valence-electron chi connectivity index (χ2n) is 6.33. The summed E-state index contributed by atoms with van der Waals surface area (Å²) in [7, 11) is 0. The van der Waals surface area contributed by atoms with E-state index in [1.165, 1.54) is 5.39 Å². The number of aromatic nitrogens is 2. The fourth-order valence-corrected chi connectivity index (χ4v) is 3.67. The van der Waals surface area contributed by atoms with Crippen LogP contribution in [-0.2, 0) is 0 Å². The molecule has 1 aromatic heterocycles. The molecule has 5 rings (SSSR count). The highest BCUT2D eigenvalue weighted by Crippen LogP contribution is 2.36. The molecule has 3 nitrogen and oxygen atoms in total. The molecule has 0 aliphatic carbocycles. The van der Waals surface area contributed by atoms with E-state index in [1.54, 1.807) is 0 Å². The van der Waals surface area contributed by atoms with Crippen LogP contribution in [0.3, 0.4) is 0 Å². The molecule has 120 valence electrons. The first-order chi connectivity index (χ1) is 12.2. The minimum absolute atomic E-state index is 0.295. The lowest BCUT2D eigenvalue weighted by Gasteiger charge is -2.10. The Morgan fingerprint density at radius 3 is 2.28 bits per heavy atom. The van der Waals surface area contributed by atoms with Gasteiger partial charge in [-0.1, -0.05) is 60.7 Å². The van der Waals surface area contributed by atoms with E-state index in [4.69, 9.17) is 5.10 Å². The molecule has 0 aliphatic rings. The second kappa shape index (κ2) is 5.08. The van der Waals surface area contributed by atoms with Gasteiger partial charge in [0.2, 0.25) is 0 Å². The third-order valence-electron chi connectivity index (χ3n) is 4.84. The largest absolute Gasteiger partial charge is 0.507 e. The van der Waals surface area contributed by atoms with Crippen LogP contribution >= 0.6 is 0 Å². The Balaban J connectivity index is 1.99. The lowest BCUT2D eigenvalue weighted by atomic mass is 10.0. The van der Waals surface area contributed by atoms with Crippen LogP contribution in [0.25, 0.3) is 38.1 Å². The molecule has 0 saturated carbocycles. The van der Waals surface area contributed by atoms with Gasteiger partial charge < -0.3 is 5.11 Å². The Labute approximate surface area is 144 Å². The molecule has 0 fully saturated rings. The number of rotatable bonds is 1. The van der Waals surface area contributed by atoms with Crippen molar-refractivity contribution in [2.75, 3.05) is 0 Å². The molecule has 25 heavy (non-hydrogen) atoms. The van der Waals surface area contributed by atoms with Crippen LogP contribution in [0.5, 0.6) is 5.75 Å². The van der Waals surface area contributed by atoms with Crippen molar-refractivity contribution in [3.63, 3.8) is 0 Å². The van der Waals surface area contributed by atoms with Gasteiger partial charge in [-0.2, -0.15) is 5.10 Å². The fraction of sp³-hybridized carbons (Fsp3) is 0.0455. The molecule has 1 N–H and O–H groups in total. The Morgan fingerprint density at radius 2 is 1.44 bits per heavy atom. The summed E-state index contributed by atoms with van der Waals surface area (Å²) < 4.78 is 2.01. The molecular formula is C22H16N2O. The highest BCUT2D eigenvalue weighted by atomic mass is 16.3. The van der Waals surface area contributed by atoms with Gasteiger partial charge in [0.05, 0.1) is 16.9 Å². The normalized spacial score (nSPS) is 11.6. The summed E-state index contributed by atoms with van der Waals surface area (Å²) in [5, 5.41) is 20.4. The molecule has 1 heterocycles. The van der Waals surface area contributed by atoms with Gasteiger partial charge in [-0.3, -0.25) is 0 Å². The molecule has 4 aromatic carbocycles. The predicted molar refractivity (Wildman–Crippen MR) is 102 cm³/mol. The van der Waals surface area contributed by atoms with Crippen molar-refractivity contribution in [1.29, 1.82) is 0 Å². The van der Waals surface area contributed by atoms with Crippen LogP contribution in [0.2, 0.25) is 0 Å². The number of aromatic hydroxyl groups is 1. The number of hydrogen-bond donors (Lipinski definition) is 1. The average molecular weight is 324 g/mol. The van der Waals surface area contributed by atoms with E-state index < -0.39 is 0 Å². The van der Waals surface area contributed by atoms with Gasteiger partial charge in [0.1, 0.15) is 5.75 Å². The minimum atomic E-state index is 0.295. The van der Waals surface area contributed by atoms with E-state index in [2.05, 4.69) is 30.3 Å². The van der Waals surface area contributed by atoms with Crippen molar-refractivity contribution < 1.29 is 5.11 Å². The zero-order valence-electron chi connectivity index (χ0n) is 13.8. The molecule has 3 heteroatoms. The van der Waals surface area contributed by atoms with Crippen molar-refractivity contribution in [3.8, 4) is 11.4 Å². The third kappa shape index (κ3) is 1.96. The standard InChI is InChI=1S/C22H16N2O/c1-14-19-13-21(25)17-10-4-5-11-18(17)22(19)24(23-14)20-12-6-8-15-7-2-3-9-16(15)20/h2-13,25H,1H3. The highest BCUT2D eigenvalue weighted by Gasteiger charge is 2.16. The molecule has 0 spiro atoms. The average Bonchev–Trinajstić information content (AvgIpc) is 2.98. The zero-order chi connectivity index (χ0) is 17.0. The quantitative estimate of drug-likeness (QED) is 0.451. The Morgan fingerprint density at radius 1 is 0.760 bits per heavy atom. The highest BCUT2D eigenvalue weighted by molar-refractivity contribution is 6.10. The lowest BCUT2D eigenvalue weighted by Crippen LogP contribution is -1.98. The molecular weight excluding hydrogens is 308 g/mol. The monoisotopic (exact) mass is 324 g/mol. The van der Waals surface area contributed by atoms with Gasteiger partial charge in [0, 0.05) is 21.5 Å². The number of hydrogen-bond acceptors (Lipinski definition) is 2. The maximum Gasteiger partial charge on any atom is 0.124 e. The number of phenolic OH excluding ortho intramolecular Hbond substituents is 1. The van der Waals surface area contributed by atoms with Gasteiger partial charge in [-0.25, -0.2) is 4.68 Å². The molecule has 0 atom stereocenters. The predicted octanol–water partition coefficient (Wildman–Crippen LogP) is 5.35. The summed E-state index contributed by atoms with van der Waals surface area (Å²) in [5.41, 5.74) is 2.98. The summed E-state index contributed by atoms with van der Waals surface area (Å²) in [6.07, 6.45) is 0.